The molecule has 1 aromatic heterocycles. The number of halogens is 3. The van der Waals surface area contributed by atoms with E-state index in [0.717, 1.165) is 10.9 Å². The Balaban J connectivity index is 1.51. The Morgan fingerprint density at radius 2 is 1.46 bits per heavy atom. The van der Waals surface area contributed by atoms with Gasteiger partial charge >= 0.3 is 231 Å². The van der Waals surface area contributed by atoms with Gasteiger partial charge < -0.3 is 0 Å². The van der Waals surface area contributed by atoms with Crippen LogP contribution in [0.5, 0.6) is 0 Å². The van der Waals surface area contributed by atoms with E-state index < -0.39 is 34.2 Å². The molecule has 1 unspecified atom stereocenters. The zero-order valence-electron chi connectivity index (χ0n) is 21.3. The van der Waals surface area contributed by atoms with E-state index in [9.17, 15) is 9.59 Å². The van der Waals surface area contributed by atoms with Crippen LogP contribution in [0.15, 0.2) is 78.4 Å². The number of hydrogen-bond acceptors (Lipinski definition) is 3. The van der Waals surface area contributed by atoms with E-state index in [4.69, 9.17) is 0 Å². The number of para-hydroxylation sites is 2. The van der Waals surface area contributed by atoms with E-state index in [1.54, 1.807) is 42.5 Å². The van der Waals surface area contributed by atoms with Crippen LogP contribution in [0.2, 0.25) is 13.1 Å². The van der Waals surface area contributed by atoms with Crippen molar-refractivity contribution in [2.45, 2.75) is 31.6 Å². The summed E-state index contributed by atoms with van der Waals surface area (Å²) in [5.74, 6) is -0.755. The molecule has 1 aliphatic carbocycles. The fourth-order valence-corrected chi connectivity index (χ4v) is 11.9. The Morgan fingerprint density at radius 1 is 0.846 bits per heavy atom. The van der Waals surface area contributed by atoms with Crippen molar-refractivity contribution in [3.05, 3.63) is 105 Å². The standard InChI is InChI=1S/C31H22F3NO2SeSi/c1-30(31(32,33)34)21-11-8-14-25-26(21)35(23-12-6-7-13-24(23)39(25,2)3)29-22(30)16-17(38-29)15-20-27(36)18-9-4-5-10-19(18)28(20)37/h4-16H,1-3H3. The number of fused-ring (bicyclic) bond motifs is 5. The summed E-state index contributed by atoms with van der Waals surface area (Å²) in [5.41, 5.74) is 0.491. The molecule has 0 saturated heterocycles. The molecule has 0 spiro atoms. The molecule has 1 atom stereocenters. The Kier molecular flexibility index (Phi) is 4.92. The summed E-state index contributed by atoms with van der Waals surface area (Å²) in [4.78, 5) is 28.2. The van der Waals surface area contributed by atoms with Crippen molar-refractivity contribution >= 4 is 66.5 Å². The molecule has 0 radical (unpaired) electrons. The van der Waals surface area contributed by atoms with E-state index in [0.29, 0.717) is 25.8 Å². The molecule has 0 fully saturated rings. The molecule has 39 heavy (non-hydrogen) atoms. The minimum absolute atomic E-state index is 0.0173. The van der Waals surface area contributed by atoms with Gasteiger partial charge in [-0.05, 0) is 0 Å². The first-order valence-electron chi connectivity index (χ1n) is 12.6. The molecule has 3 nitrogen and oxygen atoms in total. The van der Waals surface area contributed by atoms with Crippen LogP contribution < -0.4 is 15.3 Å². The van der Waals surface area contributed by atoms with Crippen LogP contribution in [-0.4, -0.2) is 40.3 Å². The predicted octanol–water partition coefficient (Wildman–Crippen LogP) is 5.99. The maximum atomic E-state index is 15.2. The average Bonchev–Trinajstić information content (AvgIpc) is 3.43. The third kappa shape index (κ3) is 3.05. The van der Waals surface area contributed by atoms with Crippen molar-refractivity contribution in [1.29, 1.82) is 0 Å². The molecule has 3 aromatic carbocycles. The summed E-state index contributed by atoms with van der Waals surface area (Å²) in [5, 5.41) is 2.16. The topological polar surface area (TPSA) is 37.4 Å². The van der Waals surface area contributed by atoms with Gasteiger partial charge in [-0.2, -0.15) is 0 Å². The summed E-state index contributed by atoms with van der Waals surface area (Å²) in [6, 6.07) is 21.6. The van der Waals surface area contributed by atoms with Crippen molar-refractivity contribution in [2.24, 2.45) is 0 Å². The molecule has 3 aliphatic rings. The number of Topliss-reactive ketones (excluding diaryl/α,β-unsaturated/α-hetero) is 2. The van der Waals surface area contributed by atoms with Gasteiger partial charge in [-0.3, -0.25) is 0 Å². The molecular weight excluding hydrogens is 582 g/mol. The third-order valence-electron chi connectivity index (χ3n) is 8.52. The van der Waals surface area contributed by atoms with E-state index in [1.165, 1.54) is 18.2 Å². The molecule has 0 amide bonds. The Labute approximate surface area is 230 Å². The van der Waals surface area contributed by atoms with Crippen molar-refractivity contribution in [3.8, 4) is 0 Å². The van der Waals surface area contributed by atoms with Gasteiger partial charge in [0.2, 0.25) is 0 Å². The van der Waals surface area contributed by atoms with Crippen LogP contribution >= 0.6 is 0 Å². The number of carbonyl (C=O) groups is 2. The number of ketones is 2. The summed E-state index contributed by atoms with van der Waals surface area (Å²) in [6.07, 6.45) is -3.03. The summed E-state index contributed by atoms with van der Waals surface area (Å²) in [7, 11) is -2.30. The summed E-state index contributed by atoms with van der Waals surface area (Å²) in [6.45, 7) is 5.65. The van der Waals surface area contributed by atoms with Gasteiger partial charge in [0.25, 0.3) is 0 Å². The zero-order chi connectivity index (χ0) is 27.5. The van der Waals surface area contributed by atoms with Crippen molar-refractivity contribution in [3.63, 3.8) is 0 Å². The number of nitrogens with zero attached hydrogens (tertiary/aromatic N) is 1. The Bertz CT molecular complexity index is 1760. The number of hydrogen-bond donors (Lipinski definition) is 0. The molecular formula is C31H22F3NO2SeSi. The number of alkyl halides is 3. The molecule has 4 aromatic rings. The van der Waals surface area contributed by atoms with Gasteiger partial charge in [0.15, 0.2) is 0 Å². The molecule has 0 bridgehead atoms. The van der Waals surface area contributed by atoms with E-state index in [-0.39, 0.29) is 28.3 Å². The molecule has 8 heteroatoms. The first-order chi connectivity index (χ1) is 18.5. The monoisotopic (exact) mass is 605 g/mol. The van der Waals surface area contributed by atoms with Gasteiger partial charge in [0.1, 0.15) is 0 Å². The molecule has 0 N–H and O–H groups in total. The van der Waals surface area contributed by atoms with Crippen LogP contribution in [0.4, 0.5) is 29.1 Å². The first kappa shape index (κ1) is 24.6. The number of carbonyl (C=O) groups excluding carboxylic acids is 2. The zero-order valence-corrected chi connectivity index (χ0v) is 24.0. The van der Waals surface area contributed by atoms with E-state index in [1.807, 2.05) is 29.2 Å². The van der Waals surface area contributed by atoms with Crippen LogP contribution in [0, 0.1) is 0 Å². The average molecular weight is 605 g/mol. The van der Waals surface area contributed by atoms with Gasteiger partial charge in [0.05, 0.1) is 0 Å². The molecule has 0 saturated carbocycles. The molecule has 7 rings (SSSR count). The Hall–Kier alpha value is -3.45. The van der Waals surface area contributed by atoms with Crippen LogP contribution in [0.25, 0.3) is 6.08 Å². The molecule has 2 aliphatic heterocycles. The minimum atomic E-state index is -4.55. The first-order valence-corrected chi connectivity index (χ1v) is 17.3. The maximum absolute atomic E-state index is 15.2. The Morgan fingerprint density at radius 3 is 2.13 bits per heavy atom. The second-order valence-corrected chi connectivity index (χ2v) is 17.5. The van der Waals surface area contributed by atoms with Gasteiger partial charge in [-0.1, -0.05) is 0 Å². The molecule has 3 heterocycles. The van der Waals surface area contributed by atoms with E-state index in [2.05, 4.69) is 19.2 Å². The van der Waals surface area contributed by atoms with Crippen molar-refractivity contribution in [2.75, 3.05) is 4.90 Å². The summed E-state index contributed by atoms with van der Waals surface area (Å²) >= 11 is -0.564. The number of allylic oxidation sites excluding steroid dienone is 1. The van der Waals surface area contributed by atoms with Crippen molar-refractivity contribution in [1.82, 2.24) is 0 Å². The van der Waals surface area contributed by atoms with Crippen LogP contribution in [0.1, 0.15) is 43.2 Å². The normalized spacial score (nSPS) is 20.4. The fraction of sp³-hybridized carbons (Fsp3) is 0.161. The van der Waals surface area contributed by atoms with E-state index >= 15 is 13.2 Å². The SMILES string of the molecule is CC1(C(F)(F)F)c2cc(C=C3C(=O)c4ccccc4C3=O)[se]c2N2c3ccccc3[Si](C)(C)c3cccc1c32. The fourth-order valence-electron chi connectivity index (χ4n) is 6.36. The van der Waals surface area contributed by atoms with Gasteiger partial charge in [-0.15, -0.1) is 0 Å². The predicted molar refractivity (Wildman–Crippen MR) is 150 cm³/mol. The van der Waals surface area contributed by atoms with Crippen LogP contribution in [0.3, 0.4) is 0 Å². The number of benzene rings is 3. The quantitative estimate of drug-likeness (QED) is 0.152. The number of anilines is 3. The van der Waals surface area contributed by atoms with Crippen molar-refractivity contribution < 1.29 is 22.8 Å². The third-order valence-corrected chi connectivity index (χ3v) is 14.3. The number of rotatable bonds is 1. The van der Waals surface area contributed by atoms with Gasteiger partial charge in [-0.25, -0.2) is 0 Å². The second kappa shape index (κ2) is 7.81. The second-order valence-electron chi connectivity index (χ2n) is 10.9. The van der Waals surface area contributed by atoms with Gasteiger partial charge in [0, 0.05) is 0 Å². The molecule has 194 valence electrons. The summed E-state index contributed by atoms with van der Waals surface area (Å²) < 4.78 is 46.7. The van der Waals surface area contributed by atoms with Crippen LogP contribution in [-0.2, 0) is 5.41 Å².